The maximum absolute atomic E-state index is 12.3. The second-order valence-electron chi connectivity index (χ2n) is 7.55. The summed E-state index contributed by atoms with van der Waals surface area (Å²) in [6.45, 7) is 8.90. The summed E-state index contributed by atoms with van der Waals surface area (Å²) >= 11 is 0. The molecule has 0 unspecified atom stereocenters. The third-order valence-corrected chi connectivity index (χ3v) is 5.35. The zero-order valence-electron chi connectivity index (χ0n) is 18.0. The number of benzene rings is 2. The normalized spacial score (nSPS) is 10.7. The molecule has 3 aromatic rings. The Kier molecular flexibility index (Phi) is 6.67. The molecule has 2 N–H and O–H groups in total. The monoisotopic (exact) mass is 404 g/mol. The number of nitrogens with zero attached hydrogens (tertiary/aromatic N) is 2. The van der Waals surface area contributed by atoms with Crippen molar-refractivity contribution in [2.75, 3.05) is 6.54 Å². The van der Waals surface area contributed by atoms with E-state index in [0.29, 0.717) is 18.7 Å². The molecule has 0 saturated heterocycles. The second-order valence-corrected chi connectivity index (χ2v) is 7.55. The average molecular weight is 405 g/mol. The molecule has 2 aromatic carbocycles. The molecule has 0 saturated carbocycles. The van der Waals surface area contributed by atoms with E-state index in [4.69, 9.17) is 0 Å². The molecule has 1 heterocycles. The molecule has 0 atom stereocenters. The minimum Gasteiger partial charge on any atom is -0.350 e. The van der Waals surface area contributed by atoms with Gasteiger partial charge in [0, 0.05) is 23.4 Å². The number of nitrogens with one attached hydrogen (secondary N) is 2. The van der Waals surface area contributed by atoms with Gasteiger partial charge in [-0.15, -0.1) is 0 Å². The number of rotatable bonds is 7. The first-order valence-electron chi connectivity index (χ1n) is 10.0. The van der Waals surface area contributed by atoms with Gasteiger partial charge in [-0.1, -0.05) is 36.4 Å². The van der Waals surface area contributed by atoms with Crippen molar-refractivity contribution in [2.45, 2.75) is 40.8 Å². The average Bonchev–Trinajstić information content (AvgIpc) is 3.00. The molecule has 156 valence electrons. The number of hydrogen-bond donors (Lipinski definition) is 2. The first kappa shape index (κ1) is 21.3. The van der Waals surface area contributed by atoms with Crippen molar-refractivity contribution in [3.8, 4) is 0 Å². The smallest absolute Gasteiger partial charge is 0.251 e. The predicted octanol–water partition coefficient (Wildman–Crippen LogP) is 3.21. The van der Waals surface area contributed by atoms with Crippen LogP contribution in [0.15, 0.2) is 48.5 Å². The Morgan fingerprint density at radius 2 is 1.67 bits per heavy atom. The molecule has 6 heteroatoms. The summed E-state index contributed by atoms with van der Waals surface area (Å²) in [5.41, 5.74) is 6.82. The van der Waals surface area contributed by atoms with Crippen LogP contribution in [0.25, 0.3) is 0 Å². The van der Waals surface area contributed by atoms with E-state index in [1.165, 1.54) is 5.56 Å². The fourth-order valence-corrected chi connectivity index (χ4v) is 3.29. The Bertz CT molecular complexity index is 1050. The van der Waals surface area contributed by atoms with Crippen molar-refractivity contribution in [1.82, 2.24) is 20.4 Å². The Labute approximate surface area is 177 Å². The van der Waals surface area contributed by atoms with E-state index in [2.05, 4.69) is 27.9 Å². The molecule has 0 aliphatic heterocycles. The molecular formula is C24H28N4O2. The van der Waals surface area contributed by atoms with Crippen molar-refractivity contribution in [3.63, 3.8) is 0 Å². The minimum absolute atomic E-state index is 0.0675. The summed E-state index contributed by atoms with van der Waals surface area (Å²) in [5.74, 6) is -0.488. The van der Waals surface area contributed by atoms with Gasteiger partial charge in [0.1, 0.15) is 0 Å². The van der Waals surface area contributed by atoms with E-state index in [0.717, 1.165) is 28.1 Å². The molecule has 30 heavy (non-hydrogen) atoms. The van der Waals surface area contributed by atoms with Crippen molar-refractivity contribution in [2.24, 2.45) is 0 Å². The predicted molar refractivity (Wildman–Crippen MR) is 117 cm³/mol. The Morgan fingerprint density at radius 3 is 2.37 bits per heavy atom. The first-order chi connectivity index (χ1) is 14.3. The number of carbonyl (C=O) groups excluding carboxylic acids is 2. The highest BCUT2D eigenvalue weighted by atomic mass is 16.2. The summed E-state index contributed by atoms with van der Waals surface area (Å²) in [6.07, 6.45) is 0. The lowest BCUT2D eigenvalue weighted by molar-refractivity contribution is -0.120. The topological polar surface area (TPSA) is 76.0 Å². The maximum Gasteiger partial charge on any atom is 0.251 e. The highest BCUT2D eigenvalue weighted by Gasteiger charge is 2.14. The lowest BCUT2D eigenvalue weighted by Gasteiger charge is -2.09. The van der Waals surface area contributed by atoms with Gasteiger partial charge in [0.2, 0.25) is 5.91 Å². The van der Waals surface area contributed by atoms with Crippen LogP contribution in [0.5, 0.6) is 0 Å². The van der Waals surface area contributed by atoms with Gasteiger partial charge in [0.05, 0.1) is 18.8 Å². The van der Waals surface area contributed by atoms with E-state index in [9.17, 15) is 9.59 Å². The summed E-state index contributed by atoms with van der Waals surface area (Å²) in [4.78, 5) is 24.5. The molecule has 0 fully saturated rings. The van der Waals surface area contributed by atoms with Crippen LogP contribution in [0.1, 0.15) is 44.0 Å². The Morgan fingerprint density at radius 1 is 0.933 bits per heavy atom. The molecule has 0 aliphatic rings. The zero-order valence-corrected chi connectivity index (χ0v) is 18.0. The fraction of sp³-hybridized carbons (Fsp3) is 0.292. The summed E-state index contributed by atoms with van der Waals surface area (Å²) in [5, 5.41) is 10.2. The van der Waals surface area contributed by atoms with Crippen LogP contribution in [0.4, 0.5) is 0 Å². The number of aryl methyl sites for hydroxylation is 3. The third-order valence-electron chi connectivity index (χ3n) is 5.35. The van der Waals surface area contributed by atoms with Gasteiger partial charge < -0.3 is 10.6 Å². The lowest BCUT2D eigenvalue weighted by atomic mass is 10.1. The third kappa shape index (κ3) is 5.14. The number of aromatic nitrogens is 2. The van der Waals surface area contributed by atoms with Gasteiger partial charge in [0.25, 0.3) is 5.91 Å². The summed E-state index contributed by atoms with van der Waals surface area (Å²) in [6, 6.07) is 15.6. The van der Waals surface area contributed by atoms with Gasteiger partial charge in [-0.05, 0) is 56.5 Å². The molecule has 3 rings (SSSR count). The van der Waals surface area contributed by atoms with Crippen molar-refractivity contribution >= 4 is 11.8 Å². The van der Waals surface area contributed by atoms with Crippen molar-refractivity contribution in [3.05, 3.63) is 87.7 Å². The Hall–Kier alpha value is -3.41. The Balaban J connectivity index is 1.54. The van der Waals surface area contributed by atoms with Gasteiger partial charge in [-0.2, -0.15) is 5.10 Å². The molecule has 0 radical (unpaired) electrons. The summed E-state index contributed by atoms with van der Waals surface area (Å²) in [7, 11) is 0. The van der Waals surface area contributed by atoms with Crippen LogP contribution in [0, 0.1) is 27.7 Å². The van der Waals surface area contributed by atoms with Crippen LogP contribution in [-0.4, -0.2) is 28.1 Å². The number of amides is 2. The summed E-state index contributed by atoms with van der Waals surface area (Å²) < 4.78 is 1.95. The van der Waals surface area contributed by atoms with Crippen molar-refractivity contribution in [1.29, 1.82) is 0 Å². The molecule has 0 bridgehead atoms. The van der Waals surface area contributed by atoms with E-state index in [1.807, 2.05) is 62.7 Å². The van der Waals surface area contributed by atoms with Gasteiger partial charge in [0.15, 0.2) is 0 Å². The van der Waals surface area contributed by atoms with E-state index >= 15 is 0 Å². The van der Waals surface area contributed by atoms with E-state index < -0.39 is 0 Å². The van der Waals surface area contributed by atoms with Crippen molar-refractivity contribution < 1.29 is 9.59 Å². The van der Waals surface area contributed by atoms with Crippen LogP contribution in [-0.2, 0) is 17.9 Å². The van der Waals surface area contributed by atoms with Gasteiger partial charge in [-0.3, -0.25) is 14.3 Å². The molecular weight excluding hydrogens is 376 g/mol. The van der Waals surface area contributed by atoms with Gasteiger partial charge >= 0.3 is 0 Å². The van der Waals surface area contributed by atoms with Crippen LogP contribution in [0.2, 0.25) is 0 Å². The van der Waals surface area contributed by atoms with Gasteiger partial charge in [-0.25, -0.2) is 0 Å². The SMILES string of the molecule is Cc1ccc(C(=O)NCC(=O)NCc2c(C)nn(Cc3ccccc3)c2C)cc1C. The molecule has 0 aliphatic carbocycles. The van der Waals surface area contributed by atoms with Crippen LogP contribution < -0.4 is 10.6 Å². The molecule has 2 amide bonds. The maximum atomic E-state index is 12.3. The highest BCUT2D eigenvalue weighted by molar-refractivity contribution is 5.96. The van der Waals surface area contributed by atoms with Crippen LogP contribution in [0.3, 0.4) is 0 Å². The van der Waals surface area contributed by atoms with Crippen LogP contribution >= 0.6 is 0 Å². The number of hydrogen-bond acceptors (Lipinski definition) is 3. The van der Waals surface area contributed by atoms with E-state index in [-0.39, 0.29) is 18.4 Å². The second kappa shape index (κ2) is 9.39. The quantitative estimate of drug-likeness (QED) is 0.635. The molecule has 0 spiro atoms. The molecule has 1 aromatic heterocycles. The minimum atomic E-state index is -0.253. The first-order valence-corrected chi connectivity index (χ1v) is 10.0. The lowest BCUT2D eigenvalue weighted by Crippen LogP contribution is -2.36. The molecule has 6 nitrogen and oxygen atoms in total. The number of carbonyl (C=O) groups is 2. The highest BCUT2D eigenvalue weighted by Crippen LogP contribution is 2.15. The standard InChI is InChI=1S/C24H28N4O2/c1-16-10-11-21(12-17(16)2)24(30)26-14-23(29)25-13-22-18(3)27-28(19(22)4)15-20-8-6-5-7-9-20/h5-12H,13-15H2,1-4H3,(H,25,29)(H,26,30). The fourth-order valence-electron chi connectivity index (χ4n) is 3.29. The van der Waals surface area contributed by atoms with E-state index in [1.54, 1.807) is 6.07 Å². The zero-order chi connectivity index (χ0) is 21.7. The largest absolute Gasteiger partial charge is 0.350 e.